The molecule has 0 aliphatic heterocycles. The Labute approximate surface area is 84.7 Å². The van der Waals surface area contributed by atoms with Crippen LogP contribution in [0.25, 0.3) is 0 Å². The minimum Gasteiger partial charge on any atom is -0.480 e. The van der Waals surface area contributed by atoms with Crippen LogP contribution in [0, 0.1) is 16.2 Å². The molecule has 3 heteroatoms. The Morgan fingerprint density at radius 3 is 2.07 bits per heavy atom. The first kappa shape index (κ1) is 9.97. The summed E-state index contributed by atoms with van der Waals surface area (Å²) >= 11 is 0. The van der Waals surface area contributed by atoms with Crippen molar-refractivity contribution >= 4 is 5.97 Å². The van der Waals surface area contributed by atoms with Crippen molar-refractivity contribution in [2.45, 2.75) is 46.1 Å². The van der Waals surface area contributed by atoms with Gasteiger partial charge in [0.1, 0.15) is 6.04 Å². The van der Waals surface area contributed by atoms with Crippen molar-refractivity contribution in [2.75, 3.05) is 0 Å². The smallest absolute Gasteiger partial charge is 0.321 e. The van der Waals surface area contributed by atoms with Gasteiger partial charge in [-0.25, -0.2) is 0 Å². The van der Waals surface area contributed by atoms with Gasteiger partial charge >= 0.3 is 5.97 Å². The normalized spacial score (nSPS) is 42.3. The van der Waals surface area contributed by atoms with Crippen LogP contribution in [0.4, 0.5) is 0 Å². The molecule has 0 amide bonds. The van der Waals surface area contributed by atoms with Crippen LogP contribution in [-0.4, -0.2) is 17.1 Å². The standard InChI is InChI=1S/C11H19NO2/c1-9(2,3)11-4-10(5-11,6-11)7(12)8(13)14/h7H,4-6,12H2,1-3H3,(H,13,14)/t7-,10?,11?/m0/s1. The molecule has 0 aromatic rings. The van der Waals surface area contributed by atoms with Gasteiger partial charge in [-0.05, 0) is 35.5 Å². The molecule has 3 aliphatic rings. The Morgan fingerprint density at radius 1 is 1.36 bits per heavy atom. The van der Waals surface area contributed by atoms with E-state index in [1.807, 2.05) is 0 Å². The highest BCUT2D eigenvalue weighted by Gasteiger charge is 2.74. The van der Waals surface area contributed by atoms with E-state index >= 15 is 0 Å². The van der Waals surface area contributed by atoms with Crippen molar-refractivity contribution in [2.24, 2.45) is 22.0 Å². The van der Waals surface area contributed by atoms with Crippen molar-refractivity contribution in [3.8, 4) is 0 Å². The predicted octanol–water partition coefficient (Wildman–Crippen LogP) is 1.61. The number of hydrogen-bond acceptors (Lipinski definition) is 2. The molecule has 3 saturated carbocycles. The van der Waals surface area contributed by atoms with Gasteiger partial charge in [0, 0.05) is 0 Å². The fraction of sp³-hybridized carbons (Fsp3) is 0.909. The van der Waals surface area contributed by atoms with Gasteiger partial charge in [-0.15, -0.1) is 0 Å². The largest absolute Gasteiger partial charge is 0.480 e. The molecule has 80 valence electrons. The molecule has 3 N–H and O–H groups in total. The highest BCUT2D eigenvalue weighted by molar-refractivity contribution is 5.75. The first-order valence-corrected chi connectivity index (χ1v) is 5.21. The zero-order valence-corrected chi connectivity index (χ0v) is 9.13. The van der Waals surface area contributed by atoms with E-state index in [9.17, 15) is 4.79 Å². The maximum absolute atomic E-state index is 10.8. The molecule has 1 atom stereocenters. The van der Waals surface area contributed by atoms with Gasteiger partial charge in [0.25, 0.3) is 0 Å². The highest BCUT2D eigenvalue weighted by Crippen LogP contribution is 2.79. The van der Waals surface area contributed by atoms with Crippen molar-refractivity contribution in [1.82, 2.24) is 0 Å². The van der Waals surface area contributed by atoms with Crippen molar-refractivity contribution in [1.29, 1.82) is 0 Å². The molecule has 0 saturated heterocycles. The average Bonchev–Trinajstić information content (AvgIpc) is 1.76. The van der Waals surface area contributed by atoms with Crippen LogP contribution in [0.5, 0.6) is 0 Å². The van der Waals surface area contributed by atoms with E-state index in [0.29, 0.717) is 10.8 Å². The van der Waals surface area contributed by atoms with Gasteiger partial charge in [0.2, 0.25) is 0 Å². The number of nitrogens with two attached hydrogens (primary N) is 1. The molecular formula is C11H19NO2. The first-order valence-electron chi connectivity index (χ1n) is 5.21. The lowest BCUT2D eigenvalue weighted by atomic mass is 9.28. The van der Waals surface area contributed by atoms with Crippen LogP contribution in [0.15, 0.2) is 0 Å². The quantitative estimate of drug-likeness (QED) is 0.707. The fourth-order valence-corrected chi connectivity index (χ4v) is 3.25. The lowest BCUT2D eigenvalue weighted by Crippen LogP contribution is -2.73. The van der Waals surface area contributed by atoms with Gasteiger partial charge < -0.3 is 10.8 Å². The van der Waals surface area contributed by atoms with E-state index in [2.05, 4.69) is 20.8 Å². The number of carbonyl (C=O) groups is 1. The van der Waals surface area contributed by atoms with Crippen LogP contribution in [0.2, 0.25) is 0 Å². The summed E-state index contributed by atoms with van der Waals surface area (Å²) in [6, 6.07) is -0.647. The average molecular weight is 197 g/mol. The number of carboxylic acids is 1. The summed E-state index contributed by atoms with van der Waals surface area (Å²) in [6.07, 6.45) is 3.03. The molecule has 0 heterocycles. The Kier molecular flexibility index (Phi) is 1.65. The molecule has 0 radical (unpaired) electrons. The zero-order chi connectivity index (χ0) is 10.8. The summed E-state index contributed by atoms with van der Waals surface area (Å²) in [5.41, 5.74) is 6.33. The topological polar surface area (TPSA) is 63.3 Å². The molecule has 0 unspecified atom stereocenters. The van der Waals surface area contributed by atoms with Crippen LogP contribution in [0.3, 0.4) is 0 Å². The van der Waals surface area contributed by atoms with Crippen molar-refractivity contribution in [3.63, 3.8) is 0 Å². The Bertz CT molecular complexity index is 270. The van der Waals surface area contributed by atoms with E-state index in [-0.39, 0.29) is 5.41 Å². The lowest BCUT2D eigenvalue weighted by Gasteiger charge is -2.76. The van der Waals surface area contributed by atoms with Gasteiger partial charge in [0.05, 0.1) is 0 Å². The van der Waals surface area contributed by atoms with Crippen LogP contribution < -0.4 is 5.73 Å². The molecule has 3 aliphatic carbocycles. The molecular weight excluding hydrogens is 178 g/mol. The van der Waals surface area contributed by atoms with E-state index in [1.165, 1.54) is 0 Å². The number of carboxylic acid groups (broad SMARTS) is 1. The van der Waals surface area contributed by atoms with Crippen molar-refractivity contribution in [3.05, 3.63) is 0 Å². The zero-order valence-electron chi connectivity index (χ0n) is 9.13. The van der Waals surface area contributed by atoms with Crippen LogP contribution in [0.1, 0.15) is 40.0 Å². The molecule has 14 heavy (non-hydrogen) atoms. The summed E-state index contributed by atoms with van der Waals surface area (Å²) in [4.78, 5) is 10.8. The number of hydrogen-bond donors (Lipinski definition) is 2. The lowest BCUT2D eigenvalue weighted by molar-refractivity contribution is -0.268. The molecule has 0 spiro atoms. The molecule has 3 nitrogen and oxygen atoms in total. The van der Waals surface area contributed by atoms with E-state index in [4.69, 9.17) is 10.8 Å². The molecule has 0 aromatic carbocycles. The summed E-state index contributed by atoms with van der Waals surface area (Å²) in [5.74, 6) is -0.841. The van der Waals surface area contributed by atoms with Crippen LogP contribution in [-0.2, 0) is 4.79 Å². The van der Waals surface area contributed by atoms with Crippen LogP contribution >= 0.6 is 0 Å². The number of aliphatic carboxylic acids is 1. The van der Waals surface area contributed by atoms with Gasteiger partial charge in [-0.2, -0.15) is 0 Å². The SMILES string of the molecule is CC(C)(C)C12CC([C@@H](N)C(=O)O)(C1)C2. The third-order valence-corrected chi connectivity index (χ3v) is 4.59. The second-order valence-electron chi connectivity index (χ2n) is 6.24. The monoisotopic (exact) mass is 197 g/mol. The minimum absolute atomic E-state index is 0.0564. The van der Waals surface area contributed by atoms with E-state index < -0.39 is 12.0 Å². The Morgan fingerprint density at radius 2 is 1.79 bits per heavy atom. The second-order valence-corrected chi connectivity index (χ2v) is 6.24. The summed E-state index contributed by atoms with van der Waals surface area (Å²) in [7, 11) is 0. The molecule has 3 fully saturated rings. The Hall–Kier alpha value is -0.570. The Balaban J connectivity index is 2.04. The maximum Gasteiger partial charge on any atom is 0.321 e. The van der Waals surface area contributed by atoms with Gasteiger partial charge in [-0.1, -0.05) is 20.8 Å². The summed E-state index contributed by atoms with van der Waals surface area (Å²) < 4.78 is 0. The number of rotatable bonds is 2. The minimum atomic E-state index is -0.841. The first-order chi connectivity index (χ1) is 6.23. The van der Waals surface area contributed by atoms with E-state index in [0.717, 1.165) is 19.3 Å². The third kappa shape index (κ3) is 0.937. The van der Waals surface area contributed by atoms with Gasteiger partial charge in [0.15, 0.2) is 0 Å². The van der Waals surface area contributed by atoms with E-state index in [1.54, 1.807) is 0 Å². The second kappa shape index (κ2) is 2.32. The molecule has 3 rings (SSSR count). The fourth-order valence-electron chi connectivity index (χ4n) is 3.25. The van der Waals surface area contributed by atoms with Gasteiger partial charge in [-0.3, -0.25) is 4.79 Å². The third-order valence-electron chi connectivity index (χ3n) is 4.59. The maximum atomic E-state index is 10.8. The molecule has 0 aromatic heterocycles. The summed E-state index contributed by atoms with van der Waals surface area (Å²) in [5, 5.41) is 8.87. The highest BCUT2D eigenvalue weighted by atomic mass is 16.4. The summed E-state index contributed by atoms with van der Waals surface area (Å²) in [6.45, 7) is 6.72. The van der Waals surface area contributed by atoms with Crippen molar-refractivity contribution < 1.29 is 9.90 Å². The molecule has 2 bridgehead atoms. The predicted molar refractivity (Wildman–Crippen MR) is 53.8 cm³/mol.